The molecule has 224 valence electrons. The van der Waals surface area contributed by atoms with Crippen molar-refractivity contribution < 1.29 is 19.3 Å². The third kappa shape index (κ3) is 6.54. The van der Waals surface area contributed by atoms with E-state index in [1.165, 1.54) is 41.8 Å². The summed E-state index contributed by atoms with van der Waals surface area (Å²) in [5.74, 6) is 1.50. The topological polar surface area (TPSA) is 105 Å². The highest BCUT2D eigenvalue weighted by Gasteiger charge is 2.36. The van der Waals surface area contributed by atoms with Crippen molar-refractivity contribution in [3.05, 3.63) is 139 Å². The molecule has 4 aromatic carbocycles. The lowest BCUT2D eigenvalue weighted by Crippen LogP contribution is -2.30. The molecule has 4 aromatic rings. The van der Waals surface area contributed by atoms with Gasteiger partial charge in [-0.2, -0.15) is 0 Å². The average Bonchev–Trinajstić information content (AvgIpc) is 3.06. The molecule has 8 nitrogen and oxygen atoms in total. The van der Waals surface area contributed by atoms with Crippen LogP contribution in [-0.2, 0) is 5.41 Å². The number of benzene rings is 4. The van der Waals surface area contributed by atoms with Crippen molar-refractivity contribution in [2.45, 2.75) is 37.5 Å². The van der Waals surface area contributed by atoms with Gasteiger partial charge < -0.3 is 9.47 Å². The Labute approximate surface area is 256 Å². The standard InChI is InChI=1S/C36H34N2O6/c1-43-34-20-14-30(24-28(34)12-6-26-8-16-32(17-9-26)37(39)40)36(22-4-3-5-23-36)31-15-21-35(44-2)29(25-31)13-7-27-10-18-33(19-11-27)38(41)42/h6-21,24-25H,3-5,22-23H2,1-2H3. The number of nitrogens with zero attached hydrogens (tertiary/aromatic N) is 2. The van der Waals surface area contributed by atoms with Crippen LogP contribution < -0.4 is 9.47 Å². The lowest BCUT2D eigenvalue weighted by atomic mass is 9.65. The molecular formula is C36H34N2O6. The highest BCUT2D eigenvalue weighted by atomic mass is 16.6. The first kappa shape index (κ1) is 30.2. The second-order valence-electron chi connectivity index (χ2n) is 10.9. The van der Waals surface area contributed by atoms with Gasteiger partial charge in [-0.3, -0.25) is 20.2 Å². The normalized spacial score (nSPS) is 14.5. The first-order chi connectivity index (χ1) is 21.3. The molecule has 5 rings (SSSR count). The number of hydrogen-bond acceptors (Lipinski definition) is 6. The fraction of sp³-hybridized carbons (Fsp3) is 0.222. The molecule has 0 unspecified atom stereocenters. The monoisotopic (exact) mass is 590 g/mol. The molecule has 8 heteroatoms. The van der Waals surface area contributed by atoms with E-state index in [2.05, 4.69) is 24.3 Å². The van der Waals surface area contributed by atoms with Gasteiger partial charge in [-0.25, -0.2) is 0 Å². The second-order valence-corrected chi connectivity index (χ2v) is 10.9. The Balaban J connectivity index is 1.52. The van der Waals surface area contributed by atoms with Gasteiger partial charge in [0.15, 0.2) is 0 Å². The van der Waals surface area contributed by atoms with Gasteiger partial charge >= 0.3 is 0 Å². The molecule has 0 aromatic heterocycles. The van der Waals surface area contributed by atoms with E-state index in [4.69, 9.17) is 9.47 Å². The quantitative estimate of drug-likeness (QED) is 0.104. The summed E-state index contributed by atoms with van der Waals surface area (Å²) >= 11 is 0. The van der Waals surface area contributed by atoms with Crippen molar-refractivity contribution in [1.29, 1.82) is 0 Å². The first-order valence-corrected chi connectivity index (χ1v) is 14.5. The van der Waals surface area contributed by atoms with E-state index < -0.39 is 9.85 Å². The molecule has 44 heavy (non-hydrogen) atoms. The number of methoxy groups -OCH3 is 2. The maximum absolute atomic E-state index is 11.0. The van der Waals surface area contributed by atoms with Crippen LogP contribution in [-0.4, -0.2) is 24.1 Å². The molecule has 1 saturated carbocycles. The lowest BCUT2D eigenvalue weighted by Gasteiger charge is -2.39. The molecule has 1 aliphatic rings. The van der Waals surface area contributed by atoms with E-state index in [9.17, 15) is 20.2 Å². The Kier molecular flexibility index (Phi) is 9.19. The smallest absolute Gasteiger partial charge is 0.269 e. The SMILES string of the molecule is COc1ccc(C2(c3ccc(OC)c(C=Cc4ccc([N+](=O)[O-])cc4)c3)CCCCC2)cc1C=Cc1ccc([N+](=O)[O-])cc1. The molecular weight excluding hydrogens is 556 g/mol. The van der Waals surface area contributed by atoms with Crippen LogP contribution >= 0.6 is 0 Å². The number of rotatable bonds is 10. The van der Waals surface area contributed by atoms with E-state index in [1.54, 1.807) is 38.5 Å². The Hall–Kier alpha value is -5.24. The van der Waals surface area contributed by atoms with Gasteiger partial charge in [0.05, 0.1) is 24.1 Å². The van der Waals surface area contributed by atoms with Crippen LogP contribution in [0.3, 0.4) is 0 Å². The zero-order chi connectivity index (χ0) is 31.1. The molecule has 0 aliphatic heterocycles. The minimum absolute atomic E-state index is 0.0578. The summed E-state index contributed by atoms with van der Waals surface area (Å²) < 4.78 is 11.4. The summed E-state index contributed by atoms with van der Waals surface area (Å²) in [6, 6.07) is 25.7. The van der Waals surface area contributed by atoms with Crippen LogP contribution in [0, 0.1) is 20.2 Å². The zero-order valence-electron chi connectivity index (χ0n) is 24.8. The summed E-state index contributed by atoms with van der Waals surface area (Å²) in [6.45, 7) is 0. The first-order valence-electron chi connectivity index (χ1n) is 14.5. The molecule has 0 radical (unpaired) electrons. The van der Waals surface area contributed by atoms with Gasteiger partial charge in [-0.05, 0) is 83.6 Å². The molecule has 0 saturated heterocycles. The van der Waals surface area contributed by atoms with Crippen LogP contribution in [0.15, 0.2) is 84.9 Å². The van der Waals surface area contributed by atoms with Gasteiger partial charge in [-0.15, -0.1) is 0 Å². The van der Waals surface area contributed by atoms with E-state index in [0.29, 0.717) is 0 Å². The number of hydrogen-bond donors (Lipinski definition) is 0. The van der Waals surface area contributed by atoms with Crippen LogP contribution in [0.5, 0.6) is 11.5 Å². The van der Waals surface area contributed by atoms with Crippen molar-refractivity contribution in [1.82, 2.24) is 0 Å². The Morgan fingerprint density at radius 2 is 1.00 bits per heavy atom. The highest BCUT2D eigenvalue weighted by molar-refractivity contribution is 5.75. The second kappa shape index (κ2) is 13.4. The number of nitro benzene ring substituents is 2. The fourth-order valence-corrected chi connectivity index (χ4v) is 6.01. The molecule has 0 N–H and O–H groups in total. The summed E-state index contributed by atoms with van der Waals surface area (Å²) in [5.41, 5.74) is 5.90. The summed E-state index contributed by atoms with van der Waals surface area (Å²) in [5, 5.41) is 22.1. The maximum Gasteiger partial charge on any atom is 0.269 e. The molecule has 0 spiro atoms. The van der Waals surface area contributed by atoms with Crippen LogP contribution in [0.2, 0.25) is 0 Å². The minimum atomic E-state index is -0.403. The van der Waals surface area contributed by atoms with E-state index in [-0.39, 0.29) is 16.8 Å². The molecule has 1 aliphatic carbocycles. The number of ether oxygens (including phenoxy) is 2. The summed E-state index contributed by atoms with van der Waals surface area (Å²) in [7, 11) is 3.31. The molecule has 0 amide bonds. The largest absolute Gasteiger partial charge is 0.496 e. The Morgan fingerprint density at radius 3 is 1.36 bits per heavy atom. The molecule has 0 atom stereocenters. The molecule has 1 fully saturated rings. The lowest BCUT2D eigenvalue weighted by molar-refractivity contribution is -0.385. The zero-order valence-corrected chi connectivity index (χ0v) is 24.8. The fourth-order valence-electron chi connectivity index (χ4n) is 6.01. The number of non-ortho nitro benzene ring substituents is 2. The van der Waals surface area contributed by atoms with E-state index in [1.807, 2.05) is 36.4 Å². The van der Waals surface area contributed by atoms with Crippen LogP contribution in [0.4, 0.5) is 11.4 Å². The van der Waals surface area contributed by atoms with Gasteiger partial charge in [0.2, 0.25) is 0 Å². The maximum atomic E-state index is 11.0. The van der Waals surface area contributed by atoms with E-state index >= 15 is 0 Å². The highest BCUT2D eigenvalue weighted by Crippen LogP contribution is 2.47. The molecule has 0 heterocycles. The van der Waals surface area contributed by atoms with Crippen molar-refractivity contribution in [3.63, 3.8) is 0 Å². The van der Waals surface area contributed by atoms with Gasteiger partial charge in [0, 0.05) is 40.8 Å². The van der Waals surface area contributed by atoms with Gasteiger partial charge in [-0.1, -0.05) is 55.7 Å². The third-order valence-electron chi connectivity index (χ3n) is 8.39. The van der Waals surface area contributed by atoms with Crippen molar-refractivity contribution in [3.8, 4) is 11.5 Å². The predicted octanol–water partition coefficient (Wildman–Crippen LogP) is 9.11. The van der Waals surface area contributed by atoms with Crippen molar-refractivity contribution in [2.24, 2.45) is 0 Å². The predicted molar refractivity (Wildman–Crippen MR) is 174 cm³/mol. The van der Waals surface area contributed by atoms with Crippen LogP contribution in [0.1, 0.15) is 65.5 Å². The summed E-state index contributed by atoms with van der Waals surface area (Å²) in [4.78, 5) is 21.3. The number of nitro groups is 2. The van der Waals surface area contributed by atoms with Gasteiger partial charge in [0.1, 0.15) is 11.5 Å². The van der Waals surface area contributed by atoms with Crippen LogP contribution in [0.25, 0.3) is 24.3 Å². The van der Waals surface area contributed by atoms with Crippen molar-refractivity contribution >= 4 is 35.7 Å². The third-order valence-corrected chi connectivity index (χ3v) is 8.39. The Morgan fingerprint density at radius 1 is 0.591 bits per heavy atom. The molecule has 0 bridgehead atoms. The summed E-state index contributed by atoms with van der Waals surface area (Å²) in [6.07, 6.45) is 13.3. The van der Waals surface area contributed by atoms with Crippen molar-refractivity contribution in [2.75, 3.05) is 14.2 Å². The Bertz CT molecular complexity index is 1580. The minimum Gasteiger partial charge on any atom is -0.496 e. The van der Waals surface area contributed by atoms with Gasteiger partial charge in [0.25, 0.3) is 11.4 Å². The van der Waals surface area contributed by atoms with E-state index in [0.717, 1.165) is 59.4 Å². The average molecular weight is 591 g/mol.